The lowest BCUT2D eigenvalue weighted by molar-refractivity contribution is -0.576. The summed E-state index contributed by atoms with van der Waals surface area (Å²) in [6.07, 6.45) is 2.72. The summed E-state index contributed by atoms with van der Waals surface area (Å²) < 4.78 is 11.9. The van der Waals surface area contributed by atoms with Crippen LogP contribution in [0.3, 0.4) is 0 Å². The van der Waals surface area contributed by atoms with E-state index in [4.69, 9.17) is 19.2 Å². The minimum absolute atomic E-state index is 0.0379. The van der Waals surface area contributed by atoms with E-state index >= 15 is 0 Å². The normalized spacial score (nSPS) is 61.8. The van der Waals surface area contributed by atoms with Gasteiger partial charge in [0.05, 0.1) is 0 Å². The number of hydrogen-bond acceptors (Lipinski definition) is 5. The Morgan fingerprint density at radius 3 is 2.65 bits per heavy atom. The average Bonchev–Trinajstić information content (AvgIpc) is 2.63. The van der Waals surface area contributed by atoms with E-state index in [1.165, 1.54) is 6.42 Å². The Morgan fingerprint density at radius 2 is 1.85 bits per heavy atom. The van der Waals surface area contributed by atoms with Gasteiger partial charge >= 0.3 is 0 Å². The summed E-state index contributed by atoms with van der Waals surface area (Å²) in [5.41, 5.74) is -0.549. The molecule has 0 aromatic heterocycles. The summed E-state index contributed by atoms with van der Waals surface area (Å²) in [7, 11) is 0. The van der Waals surface area contributed by atoms with Crippen LogP contribution in [0.5, 0.6) is 0 Å². The van der Waals surface area contributed by atoms with E-state index < -0.39 is 24.0 Å². The van der Waals surface area contributed by atoms with Gasteiger partial charge in [-0.3, -0.25) is 0 Å². The van der Waals surface area contributed by atoms with Crippen LogP contribution >= 0.6 is 0 Å². The molecule has 5 heteroatoms. The third-order valence-corrected chi connectivity index (χ3v) is 6.12. The Labute approximate surface area is 119 Å². The largest absolute Gasteiger partial charge is 0.368 e. The Hall–Kier alpha value is -0.200. The van der Waals surface area contributed by atoms with Crippen molar-refractivity contribution < 1.29 is 24.4 Å². The summed E-state index contributed by atoms with van der Waals surface area (Å²) >= 11 is 0. The molecule has 1 N–H and O–H groups in total. The van der Waals surface area contributed by atoms with Crippen molar-refractivity contribution in [1.29, 1.82) is 0 Å². The molecule has 0 radical (unpaired) electrons. The molecule has 20 heavy (non-hydrogen) atoms. The van der Waals surface area contributed by atoms with Gasteiger partial charge < -0.3 is 14.6 Å². The molecule has 1 aliphatic carbocycles. The second-order valence-electron chi connectivity index (χ2n) is 7.30. The zero-order chi connectivity index (χ0) is 14.1. The highest BCUT2D eigenvalue weighted by Crippen LogP contribution is 2.60. The standard InChI is InChI=1S/C15H24O5/c1-8-4-5-11-9(2)12(16)17-13-15(11)10(8)6-7-14(3,18-13)19-20-15/h8-13,16H,4-7H2,1-3H3/t8-,9-,10?,11?,12+,13?,14+,15-/m1/s1. The van der Waals surface area contributed by atoms with E-state index in [1.807, 2.05) is 13.8 Å². The zero-order valence-electron chi connectivity index (χ0n) is 12.4. The van der Waals surface area contributed by atoms with Gasteiger partial charge in [-0.25, -0.2) is 9.78 Å². The fourth-order valence-corrected chi connectivity index (χ4v) is 4.89. The summed E-state index contributed by atoms with van der Waals surface area (Å²) in [5, 5.41) is 10.2. The lowest BCUT2D eigenvalue weighted by Gasteiger charge is -2.59. The van der Waals surface area contributed by atoms with Crippen LogP contribution in [0.15, 0.2) is 0 Å². The van der Waals surface area contributed by atoms with Gasteiger partial charge in [0.15, 0.2) is 18.2 Å². The highest BCUT2D eigenvalue weighted by atomic mass is 17.3. The Morgan fingerprint density at radius 1 is 1.05 bits per heavy atom. The SMILES string of the molecule is C[C@@H]1CCC2[C@@H](C)[C@@H](O)OC3O[C@]4(C)CCC1[C@]32OO4. The summed E-state index contributed by atoms with van der Waals surface area (Å²) in [6, 6.07) is 0. The molecule has 114 valence electrons. The number of ether oxygens (including phenoxy) is 2. The van der Waals surface area contributed by atoms with Gasteiger partial charge in [0.1, 0.15) is 0 Å². The topological polar surface area (TPSA) is 57.2 Å². The van der Waals surface area contributed by atoms with E-state index in [0.29, 0.717) is 11.8 Å². The van der Waals surface area contributed by atoms with Crippen LogP contribution in [0.25, 0.3) is 0 Å². The molecule has 5 rings (SSSR count). The quantitative estimate of drug-likeness (QED) is 0.691. The second-order valence-corrected chi connectivity index (χ2v) is 7.30. The average molecular weight is 284 g/mol. The van der Waals surface area contributed by atoms with Crippen LogP contribution < -0.4 is 0 Å². The first-order valence-electron chi connectivity index (χ1n) is 7.84. The molecule has 4 saturated heterocycles. The highest BCUT2D eigenvalue weighted by molar-refractivity contribution is 5.08. The van der Waals surface area contributed by atoms with Crippen molar-refractivity contribution in [3.8, 4) is 0 Å². The number of fused-ring (bicyclic) bond motifs is 2. The molecule has 5 fully saturated rings. The number of hydrogen-bond donors (Lipinski definition) is 1. The van der Waals surface area contributed by atoms with Crippen LogP contribution in [0, 0.1) is 23.7 Å². The molecule has 4 aliphatic heterocycles. The van der Waals surface area contributed by atoms with Gasteiger partial charge in [-0.15, -0.1) is 0 Å². The fourth-order valence-electron chi connectivity index (χ4n) is 4.89. The van der Waals surface area contributed by atoms with Crippen molar-refractivity contribution in [2.45, 2.75) is 70.4 Å². The van der Waals surface area contributed by atoms with Crippen molar-refractivity contribution in [3.63, 3.8) is 0 Å². The Bertz CT molecular complexity index is 411. The molecule has 0 amide bonds. The van der Waals surface area contributed by atoms with Crippen LogP contribution in [0.4, 0.5) is 0 Å². The van der Waals surface area contributed by atoms with Crippen molar-refractivity contribution in [3.05, 3.63) is 0 Å². The van der Waals surface area contributed by atoms with Gasteiger partial charge in [-0.2, -0.15) is 0 Å². The first kappa shape index (κ1) is 13.5. The molecule has 8 atom stereocenters. The lowest BCUT2D eigenvalue weighted by Crippen LogP contribution is -2.70. The number of rotatable bonds is 0. The third kappa shape index (κ3) is 1.56. The summed E-state index contributed by atoms with van der Waals surface area (Å²) in [4.78, 5) is 11.6. The predicted molar refractivity (Wildman–Crippen MR) is 69.0 cm³/mol. The van der Waals surface area contributed by atoms with Crippen LogP contribution in [-0.2, 0) is 19.2 Å². The summed E-state index contributed by atoms with van der Waals surface area (Å²) in [5.74, 6) is 0.437. The number of aliphatic hydroxyl groups excluding tert-OH is 1. The van der Waals surface area contributed by atoms with Gasteiger partial charge in [-0.1, -0.05) is 13.8 Å². The predicted octanol–water partition coefficient (Wildman–Crippen LogP) is 2.19. The second kappa shape index (κ2) is 4.17. The smallest absolute Gasteiger partial charge is 0.201 e. The van der Waals surface area contributed by atoms with E-state index in [0.717, 1.165) is 19.3 Å². The molecule has 3 unspecified atom stereocenters. The van der Waals surface area contributed by atoms with Crippen molar-refractivity contribution in [2.75, 3.05) is 0 Å². The van der Waals surface area contributed by atoms with Crippen molar-refractivity contribution in [2.24, 2.45) is 23.7 Å². The minimum Gasteiger partial charge on any atom is -0.368 e. The molecule has 4 heterocycles. The zero-order valence-corrected chi connectivity index (χ0v) is 12.4. The maximum Gasteiger partial charge on any atom is 0.201 e. The molecular weight excluding hydrogens is 260 g/mol. The number of aliphatic hydroxyl groups is 1. The maximum atomic E-state index is 10.2. The molecule has 0 aromatic rings. The minimum atomic E-state index is -0.781. The highest BCUT2D eigenvalue weighted by Gasteiger charge is 2.69. The van der Waals surface area contributed by atoms with Crippen LogP contribution in [-0.4, -0.2) is 29.1 Å². The van der Waals surface area contributed by atoms with Crippen molar-refractivity contribution >= 4 is 0 Å². The monoisotopic (exact) mass is 284 g/mol. The Kier molecular flexibility index (Phi) is 2.81. The Balaban J connectivity index is 1.82. The third-order valence-electron chi connectivity index (χ3n) is 6.12. The lowest BCUT2D eigenvalue weighted by atomic mass is 9.58. The molecular formula is C15H24O5. The first-order valence-corrected chi connectivity index (χ1v) is 7.84. The van der Waals surface area contributed by atoms with E-state index in [9.17, 15) is 5.11 Å². The van der Waals surface area contributed by atoms with Gasteiger partial charge in [-0.05, 0) is 38.0 Å². The van der Waals surface area contributed by atoms with Crippen molar-refractivity contribution in [1.82, 2.24) is 0 Å². The maximum absolute atomic E-state index is 10.2. The fraction of sp³-hybridized carbons (Fsp3) is 1.00. The first-order chi connectivity index (χ1) is 9.46. The molecule has 5 aliphatic rings. The van der Waals surface area contributed by atoms with E-state index in [1.54, 1.807) is 0 Å². The van der Waals surface area contributed by atoms with E-state index in [2.05, 4.69) is 6.92 Å². The van der Waals surface area contributed by atoms with Crippen LogP contribution in [0.1, 0.15) is 46.5 Å². The molecule has 5 nitrogen and oxygen atoms in total. The molecule has 2 bridgehead atoms. The molecule has 1 spiro atoms. The van der Waals surface area contributed by atoms with Gasteiger partial charge in [0, 0.05) is 18.3 Å². The van der Waals surface area contributed by atoms with Gasteiger partial charge in [0.2, 0.25) is 5.79 Å². The van der Waals surface area contributed by atoms with E-state index in [-0.39, 0.29) is 11.8 Å². The summed E-state index contributed by atoms with van der Waals surface area (Å²) in [6.45, 7) is 6.22. The molecule has 0 aromatic carbocycles. The van der Waals surface area contributed by atoms with Gasteiger partial charge in [0.25, 0.3) is 0 Å². The molecule has 1 saturated carbocycles. The van der Waals surface area contributed by atoms with Crippen LogP contribution in [0.2, 0.25) is 0 Å².